The van der Waals surface area contributed by atoms with E-state index in [9.17, 15) is 23.4 Å². The van der Waals surface area contributed by atoms with Crippen LogP contribution in [0.5, 0.6) is 5.75 Å². The zero-order valence-electron chi connectivity index (χ0n) is 33.7. The Hall–Kier alpha value is -4.82. The molecule has 3 amide bonds. The molecule has 2 aliphatic heterocycles. The molecule has 3 unspecified atom stereocenters. The molecule has 13 nitrogen and oxygen atoms in total. The molecule has 3 atom stereocenters. The Bertz CT molecular complexity index is 1840. The van der Waals surface area contributed by atoms with Gasteiger partial charge in [0.2, 0.25) is 11.8 Å². The van der Waals surface area contributed by atoms with Crippen LogP contribution >= 0.6 is 0 Å². The van der Waals surface area contributed by atoms with E-state index in [-0.39, 0.29) is 37.5 Å². The number of benzene rings is 2. The minimum Gasteiger partial charge on any atom is -0.491 e. The number of esters is 1. The van der Waals surface area contributed by atoms with Crippen LogP contribution in [0.3, 0.4) is 0 Å². The van der Waals surface area contributed by atoms with Crippen LogP contribution in [0.25, 0.3) is 11.1 Å². The van der Waals surface area contributed by atoms with Crippen molar-refractivity contribution in [3.63, 3.8) is 0 Å². The molecule has 2 aliphatic rings. The SMILES string of the molecule is COC(=O)CC(NC(=O)C1CCCN(C(=O)CCC2CCN(C(=O)OC(C)(C)C)CC2)C1)c1cncc(-c2ccc(OCCOS(=O)c3ccc(C)cc3)cc2)c1. The fourth-order valence-electron chi connectivity index (χ4n) is 6.96. The molecule has 0 bridgehead atoms. The molecule has 0 radical (unpaired) electrons. The van der Waals surface area contributed by atoms with Crippen molar-refractivity contribution in [1.29, 1.82) is 0 Å². The van der Waals surface area contributed by atoms with Gasteiger partial charge in [-0.15, -0.1) is 0 Å². The zero-order chi connectivity index (χ0) is 41.0. The number of aryl methyl sites for hydroxylation is 1. The second-order valence-corrected chi connectivity index (χ2v) is 16.9. The number of amides is 3. The third kappa shape index (κ3) is 13.4. The highest BCUT2D eigenvalue weighted by atomic mass is 32.2. The lowest BCUT2D eigenvalue weighted by Crippen LogP contribution is -2.46. The molecule has 3 aromatic rings. The van der Waals surface area contributed by atoms with Gasteiger partial charge in [-0.1, -0.05) is 29.8 Å². The number of aromatic nitrogens is 1. The van der Waals surface area contributed by atoms with E-state index in [1.54, 1.807) is 34.3 Å². The predicted octanol–water partition coefficient (Wildman–Crippen LogP) is 6.56. The average molecular weight is 805 g/mol. The minimum absolute atomic E-state index is 0.0318. The van der Waals surface area contributed by atoms with Crippen LogP contribution in [0, 0.1) is 18.8 Å². The molecule has 1 N–H and O–H groups in total. The summed E-state index contributed by atoms with van der Waals surface area (Å²) in [6, 6.07) is 15.9. The first-order valence-electron chi connectivity index (χ1n) is 19.7. The Balaban J connectivity index is 1.12. The quantitative estimate of drug-likeness (QED) is 0.132. The van der Waals surface area contributed by atoms with Crippen LogP contribution in [0.1, 0.15) is 82.9 Å². The summed E-state index contributed by atoms with van der Waals surface area (Å²) >= 11 is -1.57. The van der Waals surface area contributed by atoms with Crippen molar-refractivity contribution >= 4 is 35.0 Å². The first kappa shape index (κ1) is 43.3. The third-order valence-electron chi connectivity index (χ3n) is 10.2. The van der Waals surface area contributed by atoms with Crippen molar-refractivity contribution in [2.75, 3.05) is 46.5 Å². The van der Waals surface area contributed by atoms with Crippen molar-refractivity contribution in [3.05, 3.63) is 78.1 Å². The Morgan fingerprint density at radius 1 is 0.912 bits per heavy atom. The Morgan fingerprint density at radius 3 is 2.32 bits per heavy atom. The molecule has 308 valence electrons. The first-order valence-corrected chi connectivity index (χ1v) is 20.8. The number of ether oxygens (including phenoxy) is 3. The summed E-state index contributed by atoms with van der Waals surface area (Å²) < 4.78 is 34.1. The summed E-state index contributed by atoms with van der Waals surface area (Å²) in [6.45, 7) is 10.0. The molecule has 0 saturated carbocycles. The smallest absolute Gasteiger partial charge is 0.410 e. The van der Waals surface area contributed by atoms with E-state index in [1.165, 1.54) is 7.11 Å². The third-order valence-corrected chi connectivity index (χ3v) is 11.2. The van der Waals surface area contributed by atoms with Crippen LogP contribution in [-0.4, -0.2) is 95.0 Å². The number of rotatable bonds is 15. The molecule has 2 aromatic carbocycles. The number of nitrogens with zero attached hydrogens (tertiary/aromatic N) is 3. The molecule has 5 rings (SSSR count). The first-order chi connectivity index (χ1) is 27.3. The average Bonchev–Trinajstić information content (AvgIpc) is 3.21. The number of likely N-dealkylation sites (tertiary alicyclic amines) is 2. The summed E-state index contributed by atoms with van der Waals surface area (Å²) in [5.74, 6) is -0.129. The number of methoxy groups -OCH3 is 1. The topological polar surface area (TPSA) is 154 Å². The van der Waals surface area contributed by atoms with E-state index in [2.05, 4.69) is 10.3 Å². The normalized spacial score (nSPS) is 17.3. The van der Waals surface area contributed by atoms with Crippen molar-refractivity contribution < 1.29 is 41.8 Å². The zero-order valence-corrected chi connectivity index (χ0v) is 34.5. The molecule has 0 spiro atoms. The maximum atomic E-state index is 13.7. The minimum atomic E-state index is -1.57. The van der Waals surface area contributed by atoms with E-state index in [1.807, 2.05) is 70.2 Å². The van der Waals surface area contributed by atoms with Crippen LogP contribution in [0.2, 0.25) is 0 Å². The fraction of sp³-hybridized carbons (Fsp3) is 0.512. The van der Waals surface area contributed by atoms with E-state index in [4.69, 9.17) is 18.4 Å². The van der Waals surface area contributed by atoms with Gasteiger partial charge in [-0.2, -0.15) is 0 Å². The lowest BCUT2D eigenvalue weighted by Gasteiger charge is -2.35. The summed E-state index contributed by atoms with van der Waals surface area (Å²) in [5.41, 5.74) is 2.82. The second-order valence-electron chi connectivity index (χ2n) is 15.7. The highest BCUT2D eigenvalue weighted by molar-refractivity contribution is 7.80. The van der Waals surface area contributed by atoms with E-state index in [0.717, 1.165) is 36.0 Å². The Labute approximate surface area is 338 Å². The fourth-order valence-corrected chi connectivity index (χ4v) is 7.68. The number of nitrogens with one attached hydrogen (secondary N) is 1. The number of pyridine rings is 1. The van der Waals surface area contributed by atoms with E-state index >= 15 is 0 Å². The summed E-state index contributed by atoms with van der Waals surface area (Å²) in [6.07, 6.45) is 7.08. The van der Waals surface area contributed by atoms with Crippen molar-refractivity contribution in [2.45, 2.75) is 89.2 Å². The van der Waals surface area contributed by atoms with Crippen molar-refractivity contribution in [3.8, 4) is 16.9 Å². The van der Waals surface area contributed by atoms with Gasteiger partial charge in [-0.05, 0) is 107 Å². The van der Waals surface area contributed by atoms with E-state index in [0.29, 0.717) is 67.6 Å². The van der Waals surface area contributed by atoms with Gasteiger partial charge in [-0.3, -0.25) is 23.6 Å². The Kier molecular flexibility index (Phi) is 15.6. The van der Waals surface area contributed by atoms with Gasteiger partial charge >= 0.3 is 12.1 Å². The molecular weight excluding hydrogens is 749 g/mol. The molecule has 3 heterocycles. The van der Waals surface area contributed by atoms with E-state index < -0.39 is 34.6 Å². The van der Waals surface area contributed by atoms with Crippen molar-refractivity contribution in [2.24, 2.45) is 11.8 Å². The second kappa shape index (κ2) is 20.6. The lowest BCUT2D eigenvalue weighted by molar-refractivity contribution is -0.141. The Morgan fingerprint density at radius 2 is 1.63 bits per heavy atom. The largest absolute Gasteiger partial charge is 0.491 e. The van der Waals surface area contributed by atoms with Gasteiger partial charge in [0.25, 0.3) is 0 Å². The van der Waals surface area contributed by atoms with Gasteiger partial charge in [0.05, 0.1) is 37.0 Å². The molecule has 2 saturated heterocycles. The van der Waals surface area contributed by atoms with Gasteiger partial charge in [0.15, 0.2) is 11.1 Å². The molecular formula is C43H56N4O9S. The number of hydrogen-bond donors (Lipinski definition) is 1. The maximum Gasteiger partial charge on any atom is 0.410 e. The van der Waals surface area contributed by atoms with Crippen LogP contribution in [0.15, 0.2) is 71.9 Å². The highest BCUT2D eigenvalue weighted by Gasteiger charge is 2.32. The number of piperidine rings is 2. The maximum absolute atomic E-state index is 13.7. The molecule has 0 aliphatic carbocycles. The van der Waals surface area contributed by atoms with Crippen molar-refractivity contribution in [1.82, 2.24) is 20.1 Å². The van der Waals surface area contributed by atoms with Crippen LogP contribution in [0.4, 0.5) is 4.79 Å². The predicted molar refractivity (Wildman–Crippen MR) is 215 cm³/mol. The lowest BCUT2D eigenvalue weighted by atomic mass is 9.91. The van der Waals surface area contributed by atoms with Gasteiger partial charge < -0.3 is 29.3 Å². The summed E-state index contributed by atoms with van der Waals surface area (Å²) in [7, 11) is 1.31. The number of hydrogen-bond acceptors (Lipinski definition) is 10. The highest BCUT2D eigenvalue weighted by Crippen LogP contribution is 2.28. The van der Waals surface area contributed by atoms with Gasteiger partial charge in [0.1, 0.15) is 18.0 Å². The number of carbonyl (C=O) groups is 4. The monoisotopic (exact) mass is 804 g/mol. The van der Waals surface area contributed by atoms with Crippen LogP contribution in [-0.2, 0) is 39.1 Å². The molecule has 2 fully saturated rings. The molecule has 14 heteroatoms. The summed E-state index contributed by atoms with van der Waals surface area (Å²) in [5, 5.41) is 3.06. The number of carbonyl (C=O) groups excluding carboxylic acids is 4. The van der Waals surface area contributed by atoms with Gasteiger partial charge in [0, 0.05) is 50.6 Å². The molecule has 57 heavy (non-hydrogen) atoms. The molecule has 1 aromatic heterocycles. The van der Waals surface area contributed by atoms with Gasteiger partial charge in [-0.25, -0.2) is 9.00 Å². The van der Waals surface area contributed by atoms with Crippen LogP contribution < -0.4 is 10.1 Å². The summed E-state index contributed by atoms with van der Waals surface area (Å²) in [4.78, 5) is 60.5. The standard InChI is InChI=1S/C43H56N4O9S/c1-30-8-15-37(16-9-30)57(52)55-24-23-54-36-13-11-32(12-14-36)34-25-35(28-44-27-34)38(26-40(49)53-5)45-41(50)33-7-6-20-47(29-33)39(48)17-10-31-18-21-46(22-19-31)42(51)56-43(2,3)4/h8-9,11-16,25,27-28,31,33,38H,6-7,10,17-24,26,29H2,1-5H3,(H,45,50).